The second-order valence-electron chi connectivity index (χ2n) is 3.90. The zero-order chi connectivity index (χ0) is 16.2. The molecule has 21 heavy (non-hydrogen) atoms. The summed E-state index contributed by atoms with van der Waals surface area (Å²) in [5.74, 6) is -2.88. The summed E-state index contributed by atoms with van der Waals surface area (Å²) in [6, 6.07) is 0.982. The Morgan fingerprint density at radius 1 is 1.48 bits per heavy atom. The van der Waals surface area contributed by atoms with Crippen molar-refractivity contribution in [1.29, 1.82) is 0 Å². The fourth-order valence-electron chi connectivity index (χ4n) is 1.41. The number of nitrogens with zero attached hydrogens (tertiary/aromatic N) is 1. The highest BCUT2D eigenvalue weighted by Gasteiger charge is 2.24. The molecule has 11 heteroatoms. The number of aliphatic carboxylic acids is 1. The highest BCUT2D eigenvalue weighted by Crippen LogP contribution is 2.31. The molecule has 1 aromatic carbocycles. The largest absolute Gasteiger partial charge is 0.487 e. The van der Waals surface area contributed by atoms with Gasteiger partial charge in [0, 0.05) is 18.6 Å². The van der Waals surface area contributed by atoms with Crippen molar-refractivity contribution >= 4 is 21.7 Å². The lowest BCUT2D eigenvalue weighted by Gasteiger charge is -2.08. The van der Waals surface area contributed by atoms with Crippen LogP contribution in [0.25, 0.3) is 0 Å². The van der Waals surface area contributed by atoms with Gasteiger partial charge in [-0.2, -0.15) is 0 Å². The van der Waals surface area contributed by atoms with Crippen molar-refractivity contribution in [2.45, 2.75) is 17.7 Å². The van der Waals surface area contributed by atoms with Crippen LogP contribution in [0.3, 0.4) is 0 Å². The molecule has 1 aromatic rings. The van der Waals surface area contributed by atoms with E-state index in [1.165, 1.54) is 0 Å². The van der Waals surface area contributed by atoms with Crippen LogP contribution in [-0.2, 0) is 14.8 Å². The maximum Gasteiger partial charge on any atom is 0.312 e. The van der Waals surface area contributed by atoms with E-state index in [9.17, 15) is 27.7 Å². The molecule has 0 saturated carbocycles. The zero-order valence-corrected chi connectivity index (χ0v) is 11.3. The molecule has 0 saturated heterocycles. The Kier molecular flexibility index (Phi) is 5.16. The average Bonchev–Trinajstić information content (AvgIpc) is 2.32. The molecule has 0 bridgehead atoms. The number of sulfonamides is 1. The van der Waals surface area contributed by atoms with Crippen molar-refractivity contribution < 1.29 is 32.4 Å². The molecule has 0 spiro atoms. The predicted octanol–water partition coefficient (Wildman–Crippen LogP) is 0.625. The van der Waals surface area contributed by atoms with E-state index in [-0.39, 0.29) is 19.4 Å². The molecule has 0 aliphatic heterocycles. The van der Waals surface area contributed by atoms with E-state index in [0.717, 1.165) is 0 Å². The van der Waals surface area contributed by atoms with Gasteiger partial charge in [0.25, 0.3) is 0 Å². The number of nitro benzene ring substituents is 1. The average molecular weight is 322 g/mol. The summed E-state index contributed by atoms with van der Waals surface area (Å²) in [5, 5.41) is 24.0. The van der Waals surface area contributed by atoms with Crippen LogP contribution in [0, 0.1) is 15.9 Å². The normalized spacial score (nSPS) is 11.1. The zero-order valence-electron chi connectivity index (χ0n) is 10.5. The molecule has 0 heterocycles. The molecule has 0 aliphatic carbocycles. The van der Waals surface area contributed by atoms with E-state index in [1.807, 2.05) is 0 Å². The number of rotatable bonds is 7. The van der Waals surface area contributed by atoms with E-state index < -0.39 is 43.1 Å². The Morgan fingerprint density at radius 2 is 2.10 bits per heavy atom. The van der Waals surface area contributed by atoms with Crippen LogP contribution in [0.15, 0.2) is 17.0 Å². The number of halogens is 1. The second-order valence-corrected chi connectivity index (χ2v) is 5.43. The first-order valence-corrected chi connectivity index (χ1v) is 7.03. The number of nitro groups is 1. The number of hydrogen-bond donors (Lipinski definition) is 2. The topological polar surface area (TPSA) is 150 Å². The van der Waals surface area contributed by atoms with E-state index in [0.29, 0.717) is 12.1 Å². The molecule has 0 radical (unpaired) electrons. The molecule has 0 aromatic heterocycles. The van der Waals surface area contributed by atoms with Crippen molar-refractivity contribution in [3.63, 3.8) is 0 Å². The molecular formula is C10H11FN2O7S. The highest BCUT2D eigenvalue weighted by molar-refractivity contribution is 7.89. The SMILES string of the molecule is NS(=O)(=O)c1cc([N+](=O)[O-])c(OCCCC(=O)O)cc1F. The molecule has 0 atom stereocenters. The summed E-state index contributed by atoms with van der Waals surface area (Å²) in [7, 11) is -4.46. The Labute approximate surface area is 118 Å². The van der Waals surface area contributed by atoms with E-state index in [4.69, 9.17) is 15.0 Å². The van der Waals surface area contributed by atoms with Crippen molar-refractivity contribution in [1.82, 2.24) is 0 Å². The fraction of sp³-hybridized carbons (Fsp3) is 0.300. The number of hydrogen-bond acceptors (Lipinski definition) is 6. The Morgan fingerprint density at radius 3 is 2.57 bits per heavy atom. The molecule has 0 unspecified atom stereocenters. The molecule has 1 rings (SSSR count). The third-order valence-corrected chi connectivity index (χ3v) is 3.24. The minimum absolute atomic E-state index is 0.0467. The Bertz CT molecular complexity index is 674. The standard InChI is InChI=1S/C10H11FN2O7S/c11-6-4-8(20-3-1-2-10(14)15)7(13(16)17)5-9(6)21(12,18)19/h4-5H,1-3H2,(H,14,15)(H2,12,18,19). The lowest BCUT2D eigenvalue weighted by Crippen LogP contribution is -2.15. The van der Waals surface area contributed by atoms with Crippen LogP contribution < -0.4 is 9.88 Å². The van der Waals surface area contributed by atoms with Crippen LogP contribution in [0.2, 0.25) is 0 Å². The number of ether oxygens (including phenoxy) is 1. The Hall–Kier alpha value is -2.27. The molecule has 0 fully saturated rings. The van der Waals surface area contributed by atoms with E-state index in [1.54, 1.807) is 0 Å². The maximum absolute atomic E-state index is 13.6. The monoisotopic (exact) mass is 322 g/mol. The first-order valence-electron chi connectivity index (χ1n) is 5.48. The van der Waals surface area contributed by atoms with Crippen LogP contribution >= 0.6 is 0 Å². The lowest BCUT2D eigenvalue weighted by molar-refractivity contribution is -0.386. The number of benzene rings is 1. The molecule has 116 valence electrons. The van der Waals surface area contributed by atoms with Crippen LogP contribution in [0.4, 0.5) is 10.1 Å². The summed E-state index contributed by atoms with van der Waals surface area (Å²) < 4.78 is 40.7. The van der Waals surface area contributed by atoms with Crippen molar-refractivity contribution in [2.24, 2.45) is 5.14 Å². The van der Waals surface area contributed by atoms with Crippen LogP contribution in [0.1, 0.15) is 12.8 Å². The molecule has 3 N–H and O–H groups in total. The summed E-state index contributed by atoms with van der Waals surface area (Å²) in [6.45, 7) is -0.207. The van der Waals surface area contributed by atoms with Gasteiger partial charge in [-0.1, -0.05) is 0 Å². The van der Waals surface area contributed by atoms with Crippen LogP contribution in [0.5, 0.6) is 5.75 Å². The minimum Gasteiger partial charge on any atom is -0.487 e. The van der Waals surface area contributed by atoms with Crippen molar-refractivity contribution in [2.75, 3.05) is 6.61 Å². The lowest BCUT2D eigenvalue weighted by atomic mass is 10.3. The summed E-state index contributed by atoms with van der Waals surface area (Å²) in [6.07, 6.45) is -0.184. The third kappa shape index (κ3) is 4.65. The second kappa shape index (κ2) is 6.45. The third-order valence-electron chi connectivity index (χ3n) is 2.31. The molecular weight excluding hydrogens is 311 g/mol. The van der Waals surface area contributed by atoms with Gasteiger partial charge in [-0.3, -0.25) is 14.9 Å². The van der Waals surface area contributed by atoms with Gasteiger partial charge < -0.3 is 9.84 Å². The first-order chi connectivity index (χ1) is 9.62. The van der Waals surface area contributed by atoms with Gasteiger partial charge in [0.1, 0.15) is 10.7 Å². The van der Waals surface area contributed by atoms with Crippen LogP contribution in [-0.4, -0.2) is 31.0 Å². The summed E-state index contributed by atoms with van der Waals surface area (Å²) in [4.78, 5) is 19.1. The smallest absolute Gasteiger partial charge is 0.312 e. The van der Waals surface area contributed by atoms with Gasteiger partial charge in [-0.05, 0) is 6.42 Å². The van der Waals surface area contributed by atoms with Gasteiger partial charge in [0.05, 0.1) is 11.5 Å². The number of carbonyl (C=O) groups is 1. The number of carboxylic acid groups (broad SMARTS) is 1. The van der Waals surface area contributed by atoms with Crippen molar-refractivity contribution in [3.05, 3.63) is 28.1 Å². The molecule has 0 amide bonds. The maximum atomic E-state index is 13.6. The van der Waals surface area contributed by atoms with Gasteiger partial charge in [-0.25, -0.2) is 17.9 Å². The van der Waals surface area contributed by atoms with Gasteiger partial charge in [0.2, 0.25) is 10.0 Å². The fourth-order valence-corrected chi connectivity index (χ4v) is 2.01. The van der Waals surface area contributed by atoms with Gasteiger partial charge in [-0.15, -0.1) is 0 Å². The summed E-state index contributed by atoms with van der Waals surface area (Å²) >= 11 is 0. The highest BCUT2D eigenvalue weighted by atomic mass is 32.2. The van der Waals surface area contributed by atoms with E-state index in [2.05, 4.69) is 0 Å². The minimum atomic E-state index is -4.46. The Balaban J connectivity index is 3.07. The first kappa shape index (κ1) is 16.8. The van der Waals surface area contributed by atoms with Gasteiger partial charge >= 0.3 is 11.7 Å². The number of carboxylic acids is 1. The van der Waals surface area contributed by atoms with Gasteiger partial charge in [0.15, 0.2) is 5.75 Å². The van der Waals surface area contributed by atoms with E-state index >= 15 is 0 Å². The number of nitrogens with two attached hydrogens (primary N) is 1. The molecule has 9 nitrogen and oxygen atoms in total. The predicted molar refractivity (Wildman–Crippen MR) is 66.8 cm³/mol. The summed E-state index contributed by atoms with van der Waals surface area (Å²) in [5.41, 5.74) is -0.782. The van der Waals surface area contributed by atoms with Crippen molar-refractivity contribution in [3.8, 4) is 5.75 Å². The number of primary sulfonamides is 1. The molecule has 0 aliphatic rings. The quantitative estimate of drug-likeness (QED) is 0.424.